The third-order valence-corrected chi connectivity index (χ3v) is 5.73. The molecule has 22 heavy (non-hydrogen) atoms. The van der Waals surface area contributed by atoms with Crippen molar-refractivity contribution < 1.29 is 19.4 Å². The van der Waals surface area contributed by atoms with Gasteiger partial charge in [-0.2, -0.15) is 0 Å². The van der Waals surface area contributed by atoms with Gasteiger partial charge in [0.15, 0.2) is 0 Å². The molecule has 0 heterocycles. The van der Waals surface area contributed by atoms with Crippen LogP contribution in [-0.4, -0.2) is 47.7 Å². The minimum Gasteiger partial charge on any atom is -0.481 e. The second kappa shape index (κ2) is 6.57. The number of ether oxygens (including phenoxy) is 1. The number of rotatable bonds is 5. The lowest BCUT2D eigenvalue weighted by molar-refractivity contribution is -0.167. The molecule has 2 saturated carbocycles. The Morgan fingerprint density at radius 1 is 1.18 bits per heavy atom. The van der Waals surface area contributed by atoms with Crippen molar-refractivity contribution in [3.05, 3.63) is 0 Å². The predicted molar refractivity (Wildman–Crippen MR) is 83.5 cm³/mol. The first-order valence-electron chi connectivity index (χ1n) is 8.40. The van der Waals surface area contributed by atoms with E-state index < -0.39 is 5.97 Å². The van der Waals surface area contributed by atoms with Crippen molar-refractivity contribution in [1.29, 1.82) is 0 Å². The summed E-state index contributed by atoms with van der Waals surface area (Å²) in [5.74, 6) is -0.824. The quantitative estimate of drug-likeness (QED) is 0.847. The van der Waals surface area contributed by atoms with E-state index in [1.165, 1.54) is 0 Å². The zero-order chi connectivity index (χ0) is 16.5. The molecule has 2 atom stereocenters. The van der Waals surface area contributed by atoms with Crippen LogP contribution in [0.5, 0.6) is 0 Å². The van der Waals surface area contributed by atoms with Crippen LogP contribution >= 0.6 is 0 Å². The number of carboxylic acids is 1. The lowest BCUT2D eigenvalue weighted by Gasteiger charge is -2.55. The highest BCUT2D eigenvalue weighted by Crippen LogP contribution is 2.46. The summed E-state index contributed by atoms with van der Waals surface area (Å²) in [7, 11) is 1.89. The van der Waals surface area contributed by atoms with Crippen LogP contribution in [0.15, 0.2) is 0 Å². The minimum absolute atomic E-state index is 0.0115. The number of carbonyl (C=O) groups excluding carboxylic acids is 1. The summed E-state index contributed by atoms with van der Waals surface area (Å²) in [5.41, 5.74) is -0.0152. The van der Waals surface area contributed by atoms with Crippen LogP contribution in [0.1, 0.15) is 52.9 Å². The van der Waals surface area contributed by atoms with E-state index in [-0.39, 0.29) is 35.3 Å². The molecule has 0 aliphatic heterocycles. The monoisotopic (exact) mass is 311 g/mol. The maximum Gasteiger partial charge on any atom is 0.306 e. The van der Waals surface area contributed by atoms with E-state index >= 15 is 0 Å². The molecule has 1 amide bonds. The molecule has 0 radical (unpaired) electrons. The fourth-order valence-corrected chi connectivity index (χ4v) is 4.03. The summed E-state index contributed by atoms with van der Waals surface area (Å²) in [5, 5.41) is 9.05. The molecule has 2 rings (SSSR count). The van der Waals surface area contributed by atoms with E-state index in [0.29, 0.717) is 32.3 Å². The van der Waals surface area contributed by atoms with Gasteiger partial charge in [-0.3, -0.25) is 9.59 Å². The van der Waals surface area contributed by atoms with Crippen molar-refractivity contribution in [2.24, 2.45) is 17.3 Å². The van der Waals surface area contributed by atoms with Gasteiger partial charge in [-0.15, -0.1) is 0 Å². The predicted octanol–water partition coefficient (Wildman–Crippen LogP) is 2.54. The van der Waals surface area contributed by atoms with Gasteiger partial charge in [-0.25, -0.2) is 0 Å². The summed E-state index contributed by atoms with van der Waals surface area (Å²) in [6, 6.07) is 0.216. The Balaban J connectivity index is 1.90. The molecule has 0 aromatic rings. The van der Waals surface area contributed by atoms with Crippen LogP contribution in [-0.2, 0) is 14.3 Å². The van der Waals surface area contributed by atoms with Gasteiger partial charge >= 0.3 is 5.97 Å². The van der Waals surface area contributed by atoms with Gasteiger partial charge in [0.2, 0.25) is 5.91 Å². The number of hydrogen-bond donors (Lipinski definition) is 1. The van der Waals surface area contributed by atoms with Crippen LogP contribution < -0.4 is 0 Å². The summed E-state index contributed by atoms with van der Waals surface area (Å²) in [4.78, 5) is 25.6. The highest BCUT2D eigenvalue weighted by atomic mass is 16.5. The fourth-order valence-electron chi connectivity index (χ4n) is 4.03. The van der Waals surface area contributed by atoms with E-state index in [9.17, 15) is 9.59 Å². The Bertz CT molecular complexity index is 426. The number of aliphatic carboxylic acids is 1. The fraction of sp³-hybridized carbons (Fsp3) is 0.882. The molecule has 0 saturated heterocycles. The van der Waals surface area contributed by atoms with Gasteiger partial charge in [0.1, 0.15) is 0 Å². The Morgan fingerprint density at radius 3 is 2.18 bits per heavy atom. The molecule has 2 aliphatic rings. The normalized spacial score (nSPS) is 33.8. The molecular formula is C17H29NO4. The van der Waals surface area contributed by atoms with Crippen molar-refractivity contribution in [1.82, 2.24) is 4.90 Å². The summed E-state index contributed by atoms with van der Waals surface area (Å²) < 4.78 is 5.74. The van der Waals surface area contributed by atoms with Crippen molar-refractivity contribution in [3.63, 3.8) is 0 Å². The molecule has 0 aromatic heterocycles. The van der Waals surface area contributed by atoms with E-state index in [1.54, 1.807) is 0 Å². The highest BCUT2D eigenvalue weighted by Gasteiger charge is 2.52. The lowest BCUT2D eigenvalue weighted by atomic mass is 9.63. The van der Waals surface area contributed by atoms with E-state index in [0.717, 1.165) is 6.42 Å². The third-order valence-electron chi connectivity index (χ3n) is 5.73. The van der Waals surface area contributed by atoms with E-state index in [4.69, 9.17) is 9.84 Å². The number of carboxylic acid groups (broad SMARTS) is 1. The second-order valence-corrected chi connectivity index (χ2v) is 7.35. The van der Waals surface area contributed by atoms with Gasteiger partial charge in [-0.1, -0.05) is 13.8 Å². The molecule has 2 aliphatic carbocycles. The van der Waals surface area contributed by atoms with Gasteiger partial charge in [-0.05, 0) is 39.0 Å². The molecule has 5 nitrogen and oxygen atoms in total. The Labute approximate surface area is 133 Å². The van der Waals surface area contributed by atoms with E-state index in [2.05, 4.69) is 13.8 Å². The molecular weight excluding hydrogens is 282 g/mol. The average Bonchev–Trinajstić information content (AvgIpc) is 2.49. The average molecular weight is 311 g/mol. The smallest absolute Gasteiger partial charge is 0.306 e. The summed E-state index contributed by atoms with van der Waals surface area (Å²) in [6.45, 7) is 7.02. The Morgan fingerprint density at radius 2 is 1.73 bits per heavy atom. The molecule has 5 heteroatoms. The van der Waals surface area contributed by atoms with E-state index in [1.807, 2.05) is 18.9 Å². The first kappa shape index (κ1) is 17.3. The first-order valence-corrected chi connectivity index (χ1v) is 8.40. The van der Waals surface area contributed by atoms with Crippen LogP contribution in [0, 0.1) is 17.3 Å². The molecule has 1 N–H and O–H groups in total. The van der Waals surface area contributed by atoms with Crippen molar-refractivity contribution in [2.75, 3.05) is 13.7 Å². The largest absolute Gasteiger partial charge is 0.481 e. The van der Waals surface area contributed by atoms with Crippen molar-refractivity contribution in [2.45, 2.75) is 65.0 Å². The third kappa shape index (κ3) is 3.14. The van der Waals surface area contributed by atoms with Crippen LogP contribution in [0.3, 0.4) is 0 Å². The first-order chi connectivity index (χ1) is 10.3. The zero-order valence-electron chi connectivity index (χ0n) is 14.2. The molecule has 0 aromatic carbocycles. The molecule has 126 valence electrons. The summed E-state index contributed by atoms with van der Waals surface area (Å²) >= 11 is 0. The minimum atomic E-state index is -0.723. The highest BCUT2D eigenvalue weighted by molar-refractivity contribution is 5.79. The van der Waals surface area contributed by atoms with Crippen molar-refractivity contribution in [3.8, 4) is 0 Å². The zero-order valence-corrected chi connectivity index (χ0v) is 14.2. The number of amides is 1. The number of nitrogens with zero attached hydrogens (tertiary/aromatic N) is 1. The number of hydrogen-bond acceptors (Lipinski definition) is 3. The van der Waals surface area contributed by atoms with Gasteiger partial charge in [0.05, 0.1) is 12.0 Å². The lowest BCUT2D eigenvalue weighted by Crippen LogP contribution is -2.63. The maximum atomic E-state index is 12.7. The van der Waals surface area contributed by atoms with Gasteiger partial charge < -0.3 is 14.7 Å². The molecule has 0 spiro atoms. The molecule has 2 fully saturated rings. The van der Waals surface area contributed by atoms with Crippen molar-refractivity contribution >= 4 is 11.9 Å². The summed E-state index contributed by atoms with van der Waals surface area (Å²) in [6.07, 6.45) is 3.75. The standard InChI is InChI=1S/C17H29NO4/c1-5-22-14-10-13(17(14,2)3)18(4)15(19)11-6-8-12(9-7-11)16(20)21/h11-14H,5-10H2,1-4H3,(H,20,21). The Hall–Kier alpha value is -1.10. The van der Waals surface area contributed by atoms with Gasteiger partial charge in [0.25, 0.3) is 0 Å². The van der Waals surface area contributed by atoms with Crippen LogP contribution in [0.4, 0.5) is 0 Å². The molecule has 0 bridgehead atoms. The Kier molecular flexibility index (Phi) is 5.15. The maximum absolute atomic E-state index is 12.7. The molecule has 2 unspecified atom stereocenters. The topological polar surface area (TPSA) is 66.8 Å². The number of carbonyl (C=O) groups is 2. The van der Waals surface area contributed by atoms with Gasteiger partial charge in [0, 0.05) is 31.0 Å². The van der Waals surface area contributed by atoms with Crippen LogP contribution in [0.2, 0.25) is 0 Å². The van der Waals surface area contributed by atoms with Crippen LogP contribution in [0.25, 0.3) is 0 Å². The SMILES string of the molecule is CCOC1CC(N(C)C(=O)C2CCC(C(=O)O)CC2)C1(C)C. The second-order valence-electron chi connectivity index (χ2n) is 7.35.